The van der Waals surface area contributed by atoms with Crippen molar-refractivity contribution in [3.63, 3.8) is 0 Å². The van der Waals surface area contributed by atoms with Crippen molar-refractivity contribution in [1.29, 1.82) is 0 Å². The maximum Gasteiger partial charge on any atom is 0.318 e. The van der Waals surface area contributed by atoms with Crippen LogP contribution in [0.5, 0.6) is 5.75 Å². The minimum Gasteiger partial charge on any atom is -0.426 e. The number of halogens is 1. The van der Waals surface area contributed by atoms with Gasteiger partial charge >= 0.3 is 5.97 Å². The van der Waals surface area contributed by atoms with Crippen LogP contribution in [0, 0.1) is 12.3 Å². The summed E-state index contributed by atoms with van der Waals surface area (Å²) in [5.41, 5.74) is 2.24. The second-order valence-corrected chi connectivity index (χ2v) is 8.75. The van der Waals surface area contributed by atoms with E-state index in [2.05, 4.69) is 15.9 Å². The Morgan fingerprint density at radius 3 is 2.52 bits per heavy atom. The molecule has 2 aromatic carbocycles. The number of benzene rings is 2. The number of hydrogen-bond donors (Lipinski definition) is 0. The van der Waals surface area contributed by atoms with E-state index >= 15 is 0 Å². The summed E-state index contributed by atoms with van der Waals surface area (Å²) in [6.45, 7) is 2.01. The van der Waals surface area contributed by atoms with Crippen molar-refractivity contribution in [2.24, 2.45) is 5.41 Å². The standard InChI is InChI=1S/C23H23BrO3/c1-15-5-7-16(8-6-15)20(25)14-19-18-13-17(24)9-10-21(18)27-22(26)23(19)11-3-2-4-12-23/h5-10,13,19H,2-4,11-12,14H2,1H3. The van der Waals surface area contributed by atoms with Gasteiger partial charge in [0.1, 0.15) is 5.75 Å². The number of ketones is 1. The van der Waals surface area contributed by atoms with Crippen molar-refractivity contribution in [3.05, 3.63) is 63.6 Å². The lowest BCUT2D eigenvalue weighted by Gasteiger charge is -2.44. The van der Waals surface area contributed by atoms with Crippen LogP contribution in [-0.2, 0) is 4.79 Å². The lowest BCUT2D eigenvalue weighted by Crippen LogP contribution is -2.45. The summed E-state index contributed by atoms with van der Waals surface area (Å²) >= 11 is 3.54. The van der Waals surface area contributed by atoms with Gasteiger partial charge in [-0.3, -0.25) is 9.59 Å². The van der Waals surface area contributed by atoms with Crippen molar-refractivity contribution in [2.45, 2.75) is 51.4 Å². The Balaban J connectivity index is 1.75. The normalized spacial score (nSPS) is 20.8. The van der Waals surface area contributed by atoms with Gasteiger partial charge in [-0.05, 0) is 38.0 Å². The van der Waals surface area contributed by atoms with Gasteiger partial charge in [-0.2, -0.15) is 0 Å². The number of ether oxygens (including phenoxy) is 1. The van der Waals surface area contributed by atoms with Crippen LogP contribution in [0.1, 0.15) is 65.9 Å². The summed E-state index contributed by atoms with van der Waals surface area (Å²) in [6.07, 6.45) is 5.08. The Labute approximate surface area is 168 Å². The molecule has 0 aromatic heterocycles. The molecule has 2 aromatic rings. The van der Waals surface area contributed by atoms with E-state index in [1.165, 1.54) is 0 Å². The van der Waals surface area contributed by atoms with E-state index in [1.54, 1.807) is 0 Å². The predicted octanol–water partition coefficient (Wildman–Crippen LogP) is 5.98. The number of esters is 1. The quantitative estimate of drug-likeness (QED) is 0.344. The summed E-state index contributed by atoms with van der Waals surface area (Å²) in [5, 5.41) is 0. The van der Waals surface area contributed by atoms with E-state index in [-0.39, 0.29) is 17.7 Å². The first kappa shape index (κ1) is 18.4. The smallest absolute Gasteiger partial charge is 0.318 e. The fourth-order valence-corrected chi connectivity index (χ4v) is 4.99. The molecule has 140 valence electrons. The third kappa shape index (κ3) is 3.36. The van der Waals surface area contributed by atoms with Crippen LogP contribution in [0.3, 0.4) is 0 Å². The molecule has 1 saturated carbocycles. The number of carbonyl (C=O) groups excluding carboxylic acids is 2. The molecule has 0 radical (unpaired) electrons. The van der Waals surface area contributed by atoms with Crippen LogP contribution in [-0.4, -0.2) is 11.8 Å². The van der Waals surface area contributed by atoms with Gasteiger partial charge in [-0.25, -0.2) is 0 Å². The molecule has 2 aliphatic rings. The fourth-order valence-electron chi connectivity index (χ4n) is 4.61. The lowest BCUT2D eigenvalue weighted by molar-refractivity contribution is -0.152. The van der Waals surface area contributed by atoms with Crippen LogP contribution >= 0.6 is 15.9 Å². The molecule has 1 unspecified atom stereocenters. The topological polar surface area (TPSA) is 43.4 Å². The highest BCUT2D eigenvalue weighted by atomic mass is 79.9. The van der Waals surface area contributed by atoms with Crippen molar-refractivity contribution in [2.75, 3.05) is 0 Å². The van der Waals surface area contributed by atoms with Gasteiger partial charge in [0.05, 0.1) is 5.41 Å². The highest BCUT2D eigenvalue weighted by Gasteiger charge is 2.52. The van der Waals surface area contributed by atoms with Crippen LogP contribution in [0.15, 0.2) is 46.9 Å². The van der Waals surface area contributed by atoms with Gasteiger partial charge in [0.25, 0.3) is 0 Å². The second-order valence-electron chi connectivity index (χ2n) is 7.83. The maximum absolute atomic E-state index is 13.1. The highest BCUT2D eigenvalue weighted by molar-refractivity contribution is 9.10. The Bertz CT molecular complexity index is 879. The zero-order valence-corrected chi connectivity index (χ0v) is 17.1. The van der Waals surface area contributed by atoms with Gasteiger partial charge in [-0.15, -0.1) is 0 Å². The summed E-state index contributed by atoms with van der Waals surface area (Å²) in [6, 6.07) is 13.4. The van der Waals surface area contributed by atoms with E-state index in [0.717, 1.165) is 47.7 Å². The first-order valence-corrected chi connectivity index (χ1v) is 10.4. The third-order valence-electron chi connectivity index (χ3n) is 6.13. The molecule has 0 N–H and O–H groups in total. The van der Waals surface area contributed by atoms with E-state index in [4.69, 9.17) is 4.74 Å². The molecule has 1 atom stereocenters. The monoisotopic (exact) mass is 426 g/mol. The zero-order valence-electron chi connectivity index (χ0n) is 15.5. The third-order valence-corrected chi connectivity index (χ3v) is 6.63. The molecule has 1 heterocycles. The maximum atomic E-state index is 13.1. The fraction of sp³-hybridized carbons (Fsp3) is 0.391. The Kier molecular flexibility index (Phi) is 4.94. The van der Waals surface area contributed by atoms with Gasteiger partial charge in [0.2, 0.25) is 0 Å². The Morgan fingerprint density at radius 1 is 1.11 bits per heavy atom. The van der Waals surface area contributed by atoms with Gasteiger partial charge in [0.15, 0.2) is 5.78 Å². The molecule has 27 heavy (non-hydrogen) atoms. The van der Waals surface area contributed by atoms with E-state index in [0.29, 0.717) is 17.7 Å². The largest absolute Gasteiger partial charge is 0.426 e. The van der Waals surface area contributed by atoms with Crippen molar-refractivity contribution in [1.82, 2.24) is 0 Å². The molecule has 4 heteroatoms. The highest BCUT2D eigenvalue weighted by Crippen LogP contribution is 2.55. The zero-order chi connectivity index (χ0) is 19.0. The second kappa shape index (κ2) is 7.23. The minimum atomic E-state index is -0.577. The Hall–Kier alpha value is -1.94. The number of carbonyl (C=O) groups is 2. The molecular weight excluding hydrogens is 404 g/mol. The van der Waals surface area contributed by atoms with Crippen LogP contribution in [0.25, 0.3) is 0 Å². The average Bonchev–Trinajstić information content (AvgIpc) is 2.67. The number of rotatable bonds is 3. The number of Topliss-reactive ketones (excluding diaryl/α,β-unsaturated/α-hetero) is 1. The number of fused-ring (bicyclic) bond motifs is 1. The molecule has 4 rings (SSSR count). The number of hydrogen-bond acceptors (Lipinski definition) is 3. The number of aryl methyl sites for hydroxylation is 1. The average molecular weight is 427 g/mol. The molecule has 1 aliphatic heterocycles. The first-order valence-electron chi connectivity index (χ1n) is 9.61. The van der Waals surface area contributed by atoms with Crippen LogP contribution in [0.4, 0.5) is 0 Å². The van der Waals surface area contributed by atoms with E-state index in [9.17, 15) is 9.59 Å². The molecule has 1 spiro atoms. The minimum absolute atomic E-state index is 0.0885. The molecule has 0 bridgehead atoms. The lowest BCUT2D eigenvalue weighted by atomic mass is 9.61. The van der Waals surface area contributed by atoms with Crippen molar-refractivity contribution in [3.8, 4) is 5.75 Å². The predicted molar refractivity (Wildman–Crippen MR) is 108 cm³/mol. The van der Waals surface area contributed by atoms with Gasteiger partial charge in [-0.1, -0.05) is 65.0 Å². The molecule has 0 amide bonds. The first-order chi connectivity index (χ1) is 13.0. The molecule has 0 saturated heterocycles. The summed E-state index contributed by atoms with van der Waals surface area (Å²) < 4.78 is 6.68. The molecular formula is C23H23BrO3. The van der Waals surface area contributed by atoms with Gasteiger partial charge < -0.3 is 4.74 Å². The van der Waals surface area contributed by atoms with E-state index in [1.807, 2.05) is 49.4 Å². The van der Waals surface area contributed by atoms with Gasteiger partial charge in [0, 0.05) is 27.9 Å². The SMILES string of the molecule is Cc1ccc(C(=O)CC2c3cc(Br)ccc3OC(=O)C23CCCCC3)cc1. The summed E-state index contributed by atoms with van der Waals surface area (Å²) in [4.78, 5) is 26.1. The Morgan fingerprint density at radius 2 is 1.81 bits per heavy atom. The van der Waals surface area contributed by atoms with Crippen molar-refractivity contribution < 1.29 is 14.3 Å². The molecule has 1 aliphatic carbocycles. The molecule has 3 nitrogen and oxygen atoms in total. The molecule has 1 fully saturated rings. The summed E-state index contributed by atoms with van der Waals surface area (Å²) in [5.74, 6) is 0.394. The van der Waals surface area contributed by atoms with Crippen LogP contribution < -0.4 is 4.74 Å². The van der Waals surface area contributed by atoms with Crippen molar-refractivity contribution >= 4 is 27.7 Å². The van der Waals surface area contributed by atoms with E-state index < -0.39 is 5.41 Å². The summed E-state index contributed by atoms with van der Waals surface area (Å²) in [7, 11) is 0. The van der Waals surface area contributed by atoms with Crippen LogP contribution in [0.2, 0.25) is 0 Å².